The number of morpholine rings is 1. The van der Waals surface area contributed by atoms with Crippen molar-refractivity contribution in [1.82, 2.24) is 14.7 Å². The Balaban J connectivity index is 1.56. The Morgan fingerprint density at radius 2 is 2.09 bits per heavy atom. The van der Waals surface area contributed by atoms with E-state index < -0.39 is 5.60 Å². The van der Waals surface area contributed by atoms with Crippen LogP contribution in [0, 0.1) is 13.8 Å². The van der Waals surface area contributed by atoms with Crippen LogP contribution in [0.1, 0.15) is 43.5 Å². The van der Waals surface area contributed by atoms with E-state index >= 15 is 0 Å². The molecule has 2 heterocycles. The van der Waals surface area contributed by atoms with Crippen LogP contribution in [-0.2, 0) is 11.3 Å². The molecule has 1 N–H and O–H groups in total. The zero-order chi connectivity index (χ0) is 15.6. The lowest BCUT2D eigenvalue weighted by Crippen LogP contribution is -2.51. The second-order valence-electron chi connectivity index (χ2n) is 7.12. The smallest absolute Gasteiger partial charge is 0.0898 e. The maximum atomic E-state index is 10.7. The van der Waals surface area contributed by atoms with Gasteiger partial charge in [0.05, 0.1) is 30.6 Å². The highest BCUT2D eigenvalue weighted by molar-refractivity contribution is 5.06. The molecule has 5 heteroatoms. The van der Waals surface area contributed by atoms with Crippen molar-refractivity contribution in [3.8, 4) is 0 Å². The molecule has 1 aliphatic carbocycles. The highest BCUT2D eigenvalue weighted by atomic mass is 16.5. The van der Waals surface area contributed by atoms with Crippen LogP contribution < -0.4 is 0 Å². The van der Waals surface area contributed by atoms with Crippen molar-refractivity contribution in [2.45, 2.75) is 64.2 Å². The quantitative estimate of drug-likeness (QED) is 0.923. The fourth-order valence-electron chi connectivity index (χ4n) is 3.87. The Hall–Kier alpha value is -0.910. The van der Waals surface area contributed by atoms with Crippen LogP contribution in [0.2, 0.25) is 0 Å². The average molecular weight is 307 g/mol. The van der Waals surface area contributed by atoms with E-state index in [0.29, 0.717) is 0 Å². The van der Waals surface area contributed by atoms with Crippen LogP contribution >= 0.6 is 0 Å². The third-order valence-corrected chi connectivity index (χ3v) is 5.01. The number of β-amino-alcohol motifs (C(OH)–C–C–N with tert-alkyl or cyclic N) is 1. The molecule has 0 unspecified atom stereocenters. The number of rotatable bonds is 4. The third-order valence-electron chi connectivity index (χ3n) is 5.01. The molecule has 1 saturated carbocycles. The molecule has 124 valence electrons. The van der Waals surface area contributed by atoms with Gasteiger partial charge in [-0.15, -0.1) is 0 Å². The second kappa shape index (κ2) is 6.69. The molecule has 1 atom stereocenters. The van der Waals surface area contributed by atoms with Crippen molar-refractivity contribution in [3.05, 3.63) is 17.5 Å². The zero-order valence-corrected chi connectivity index (χ0v) is 13.9. The van der Waals surface area contributed by atoms with Crippen LogP contribution in [-0.4, -0.2) is 57.7 Å². The van der Waals surface area contributed by atoms with Crippen LogP contribution in [0.15, 0.2) is 6.07 Å². The summed E-state index contributed by atoms with van der Waals surface area (Å²) in [6.07, 6.45) is 5.66. The molecule has 1 aromatic heterocycles. The van der Waals surface area contributed by atoms with Gasteiger partial charge in [0.15, 0.2) is 0 Å². The first kappa shape index (κ1) is 16.0. The largest absolute Gasteiger partial charge is 0.389 e. The van der Waals surface area contributed by atoms with Gasteiger partial charge < -0.3 is 9.84 Å². The molecule has 0 radical (unpaired) electrons. The van der Waals surface area contributed by atoms with E-state index in [0.717, 1.165) is 64.2 Å². The van der Waals surface area contributed by atoms with E-state index in [-0.39, 0.29) is 6.10 Å². The summed E-state index contributed by atoms with van der Waals surface area (Å²) >= 11 is 0. The summed E-state index contributed by atoms with van der Waals surface area (Å²) in [4.78, 5) is 2.38. The fraction of sp³-hybridized carbons (Fsp3) is 0.824. The Kier molecular flexibility index (Phi) is 4.85. The molecule has 0 aromatic carbocycles. The van der Waals surface area contributed by atoms with E-state index in [9.17, 15) is 5.11 Å². The average Bonchev–Trinajstić information content (AvgIpc) is 2.77. The van der Waals surface area contributed by atoms with Crippen molar-refractivity contribution >= 4 is 0 Å². The van der Waals surface area contributed by atoms with Crippen molar-refractivity contribution in [3.63, 3.8) is 0 Å². The van der Waals surface area contributed by atoms with Gasteiger partial charge >= 0.3 is 0 Å². The third kappa shape index (κ3) is 3.89. The molecule has 2 fully saturated rings. The van der Waals surface area contributed by atoms with Gasteiger partial charge in [-0.3, -0.25) is 9.58 Å². The first-order chi connectivity index (χ1) is 10.5. The summed E-state index contributed by atoms with van der Waals surface area (Å²) in [6.45, 7) is 8.27. The Morgan fingerprint density at radius 1 is 1.32 bits per heavy atom. The van der Waals surface area contributed by atoms with Crippen molar-refractivity contribution in [2.24, 2.45) is 0 Å². The highest BCUT2D eigenvalue weighted by Gasteiger charge is 2.33. The molecule has 22 heavy (non-hydrogen) atoms. The van der Waals surface area contributed by atoms with Gasteiger partial charge in [0.2, 0.25) is 0 Å². The summed E-state index contributed by atoms with van der Waals surface area (Å²) in [6, 6.07) is 2.10. The number of aromatic nitrogens is 2. The predicted molar refractivity (Wildman–Crippen MR) is 85.9 cm³/mol. The maximum Gasteiger partial charge on any atom is 0.0898 e. The van der Waals surface area contributed by atoms with E-state index in [1.807, 2.05) is 11.6 Å². The molecule has 0 amide bonds. The Labute approximate surface area is 133 Å². The minimum Gasteiger partial charge on any atom is -0.389 e. The van der Waals surface area contributed by atoms with E-state index in [1.54, 1.807) is 0 Å². The lowest BCUT2D eigenvalue weighted by Gasteiger charge is -2.40. The lowest BCUT2D eigenvalue weighted by molar-refractivity contribution is -0.0797. The van der Waals surface area contributed by atoms with Crippen molar-refractivity contribution < 1.29 is 9.84 Å². The minimum absolute atomic E-state index is 0.166. The molecule has 0 spiro atoms. The first-order valence-corrected chi connectivity index (χ1v) is 8.61. The molecular formula is C17H29N3O2. The number of nitrogens with zero attached hydrogens (tertiary/aromatic N) is 3. The van der Waals surface area contributed by atoms with Crippen LogP contribution in [0.5, 0.6) is 0 Å². The molecule has 1 aliphatic heterocycles. The number of hydrogen-bond donors (Lipinski definition) is 1. The number of hydrogen-bond acceptors (Lipinski definition) is 4. The predicted octanol–water partition coefficient (Wildman–Crippen LogP) is 1.90. The SMILES string of the molecule is Cc1cc(C)n(C[C@H]2CN(CC3(O)CCCCC3)CCO2)n1. The molecule has 0 bridgehead atoms. The van der Waals surface area contributed by atoms with Gasteiger partial charge in [-0.25, -0.2) is 0 Å². The highest BCUT2D eigenvalue weighted by Crippen LogP contribution is 2.29. The summed E-state index contributed by atoms with van der Waals surface area (Å²) in [5, 5.41) is 15.3. The molecule has 2 aliphatic rings. The summed E-state index contributed by atoms with van der Waals surface area (Å²) in [7, 11) is 0. The standard InChI is InChI=1S/C17H29N3O2/c1-14-10-15(2)20(18-14)12-16-11-19(8-9-22-16)13-17(21)6-4-3-5-7-17/h10,16,21H,3-9,11-13H2,1-2H3/t16-/m1/s1. The number of aryl methyl sites for hydroxylation is 2. The minimum atomic E-state index is -0.474. The van der Waals surface area contributed by atoms with Gasteiger partial charge in [0.25, 0.3) is 0 Å². The van der Waals surface area contributed by atoms with Gasteiger partial charge in [0, 0.05) is 25.3 Å². The summed E-state index contributed by atoms with van der Waals surface area (Å²) in [5.74, 6) is 0. The number of aliphatic hydroxyl groups is 1. The van der Waals surface area contributed by atoms with Crippen LogP contribution in [0.4, 0.5) is 0 Å². The Morgan fingerprint density at radius 3 is 2.77 bits per heavy atom. The van der Waals surface area contributed by atoms with Gasteiger partial charge in [0.1, 0.15) is 0 Å². The molecular weight excluding hydrogens is 278 g/mol. The normalized spacial score (nSPS) is 26.2. The maximum absolute atomic E-state index is 10.7. The monoisotopic (exact) mass is 307 g/mol. The second-order valence-corrected chi connectivity index (χ2v) is 7.12. The lowest BCUT2D eigenvalue weighted by atomic mass is 9.84. The molecule has 1 aromatic rings. The van der Waals surface area contributed by atoms with Crippen molar-refractivity contribution in [2.75, 3.05) is 26.2 Å². The summed E-state index contributed by atoms with van der Waals surface area (Å²) in [5.41, 5.74) is 1.77. The van der Waals surface area contributed by atoms with E-state index in [4.69, 9.17) is 4.74 Å². The fourth-order valence-corrected chi connectivity index (χ4v) is 3.87. The van der Waals surface area contributed by atoms with E-state index in [1.165, 1.54) is 12.1 Å². The van der Waals surface area contributed by atoms with Crippen molar-refractivity contribution in [1.29, 1.82) is 0 Å². The zero-order valence-electron chi connectivity index (χ0n) is 13.9. The van der Waals surface area contributed by atoms with Crippen LogP contribution in [0.3, 0.4) is 0 Å². The topological polar surface area (TPSA) is 50.5 Å². The Bertz CT molecular complexity index is 494. The molecule has 3 rings (SSSR count). The summed E-state index contributed by atoms with van der Waals surface area (Å²) < 4.78 is 7.95. The number of ether oxygens (including phenoxy) is 1. The van der Waals surface area contributed by atoms with Gasteiger partial charge in [-0.2, -0.15) is 5.10 Å². The van der Waals surface area contributed by atoms with Gasteiger partial charge in [-0.05, 0) is 32.8 Å². The molecule has 1 saturated heterocycles. The first-order valence-electron chi connectivity index (χ1n) is 8.61. The van der Waals surface area contributed by atoms with Gasteiger partial charge in [-0.1, -0.05) is 19.3 Å². The van der Waals surface area contributed by atoms with E-state index in [2.05, 4.69) is 23.0 Å². The van der Waals surface area contributed by atoms with Crippen LogP contribution in [0.25, 0.3) is 0 Å². The molecule has 5 nitrogen and oxygen atoms in total.